The van der Waals surface area contributed by atoms with Gasteiger partial charge in [-0.15, -0.1) is 5.10 Å². The van der Waals surface area contributed by atoms with Gasteiger partial charge in [0.05, 0.1) is 12.0 Å². The van der Waals surface area contributed by atoms with Crippen molar-refractivity contribution in [3.05, 3.63) is 29.8 Å². The third-order valence-electron chi connectivity index (χ3n) is 2.20. The average Bonchev–Trinajstić information content (AvgIpc) is 2.83. The molecule has 2 N–H and O–H groups in total. The maximum absolute atomic E-state index is 10.9. The van der Waals surface area contributed by atoms with Crippen LogP contribution < -0.4 is 10.1 Å². The molecule has 1 aromatic carbocycles. The molecule has 0 spiro atoms. The highest BCUT2D eigenvalue weighted by molar-refractivity contribution is 8.15. The van der Waals surface area contributed by atoms with Gasteiger partial charge in [-0.3, -0.25) is 4.79 Å². The van der Waals surface area contributed by atoms with E-state index >= 15 is 0 Å². The fourth-order valence-electron chi connectivity index (χ4n) is 1.38. The fourth-order valence-corrected chi connectivity index (χ4v) is 2.01. The van der Waals surface area contributed by atoms with Crippen LogP contribution in [0.1, 0.15) is 5.56 Å². The summed E-state index contributed by atoms with van der Waals surface area (Å²) in [4.78, 5) is 21.4. The molecule has 0 saturated carbocycles. The summed E-state index contributed by atoms with van der Waals surface area (Å²) in [6.45, 7) is -0.425. The monoisotopic (exact) mass is 293 g/mol. The Bertz CT molecular complexity index is 586. The topological polar surface area (TPSA) is 100 Å². The molecule has 1 amide bonds. The SMILES string of the molecule is O=C(O)COc1ccccc1C=NN=C1NC(=O)CS1. The van der Waals surface area contributed by atoms with Crippen LogP contribution in [0.2, 0.25) is 0 Å². The van der Waals surface area contributed by atoms with E-state index in [2.05, 4.69) is 15.5 Å². The van der Waals surface area contributed by atoms with Gasteiger partial charge in [0.2, 0.25) is 5.91 Å². The van der Waals surface area contributed by atoms with Crippen LogP contribution in [0.25, 0.3) is 0 Å². The number of hydrogen-bond donors (Lipinski definition) is 2. The van der Waals surface area contributed by atoms with E-state index < -0.39 is 12.6 Å². The third-order valence-corrected chi connectivity index (χ3v) is 3.07. The van der Waals surface area contributed by atoms with Gasteiger partial charge in [0.25, 0.3) is 0 Å². The van der Waals surface area contributed by atoms with E-state index in [4.69, 9.17) is 9.84 Å². The van der Waals surface area contributed by atoms with E-state index in [1.807, 2.05) is 0 Å². The molecule has 7 nitrogen and oxygen atoms in total. The van der Waals surface area contributed by atoms with Crippen molar-refractivity contribution in [3.8, 4) is 5.75 Å². The van der Waals surface area contributed by atoms with Crippen molar-refractivity contribution in [1.82, 2.24) is 5.32 Å². The standard InChI is InChI=1S/C12H11N3O4S/c16-10-7-20-12(14-10)15-13-5-8-3-1-2-4-9(8)19-6-11(17)18/h1-5H,6-7H2,(H,17,18)(H,14,15,16). The molecule has 0 aromatic heterocycles. The lowest BCUT2D eigenvalue weighted by atomic mass is 10.2. The summed E-state index contributed by atoms with van der Waals surface area (Å²) in [7, 11) is 0. The van der Waals surface area contributed by atoms with Gasteiger partial charge in [-0.25, -0.2) is 4.79 Å². The molecule has 1 aliphatic rings. The van der Waals surface area contributed by atoms with E-state index in [9.17, 15) is 9.59 Å². The Labute approximate surface area is 118 Å². The Hall–Kier alpha value is -2.35. The molecule has 0 atom stereocenters. The summed E-state index contributed by atoms with van der Waals surface area (Å²) >= 11 is 1.27. The fraction of sp³-hybridized carbons (Fsp3) is 0.167. The normalized spacial score (nSPS) is 16.6. The largest absolute Gasteiger partial charge is 0.481 e. The molecule has 1 fully saturated rings. The Kier molecular flexibility index (Phi) is 4.72. The highest BCUT2D eigenvalue weighted by Crippen LogP contribution is 2.16. The predicted octanol–water partition coefficient (Wildman–Crippen LogP) is 0.703. The molecular weight excluding hydrogens is 282 g/mol. The van der Waals surface area contributed by atoms with Crippen molar-refractivity contribution >= 4 is 35.0 Å². The van der Waals surface area contributed by atoms with Gasteiger partial charge in [-0.05, 0) is 12.1 Å². The Morgan fingerprint density at radius 3 is 3.00 bits per heavy atom. The number of carbonyl (C=O) groups excluding carboxylic acids is 1. The summed E-state index contributed by atoms with van der Waals surface area (Å²) in [6.07, 6.45) is 1.44. The van der Waals surface area contributed by atoms with Gasteiger partial charge in [-0.2, -0.15) is 5.10 Å². The molecular formula is C12H11N3O4S. The molecule has 0 radical (unpaired) electrons. The van der Waals surface area contributed by atoms with Crippen molar-refractivity contribution in [2.45, 2.75) is 0 Å². The highest BCUT2D eigenvalue weighted by atomic mass is 32.2. The van der Waals surface area contributed by atoms with E-state index in [0.717, 1.165) is 0 Å². The lowest BCUT2D eigenvalue weighted by Crippen LogP contribution is -2.19. The number of benzene rings is 1. The Morgan fingerprint density at radius 2 is 2.30 bits per heavy atom. The number of carboxylic acid groups (broad SMARTS) is 1. The minimum absolute atomic E-state index is 0.103. The first-order chi connectivity index (χ1) is 9.65. The van der Waals surface area contributed by atoms with E-state index in [1.165, 1.54) is 18.0 Å². The molecule has 2 rings (SSSR count). The predicted molar refractivity (Wildman–Crippen MR) is 75.2 cm³/mol. The van der Waals surface area contributed by atoms with Crippen LogP contribution in [0.3, 0.4) is 0 Å². The van der Waals surface area contributed by atoms with Gasteiger partial charge < -0.3 is 15.2 Å². The minimum Gasteiger partial charge on any atom is -0.481 e. The number of para-hydroxylation sites is 1. The summed E-state index contributed by atoms with van der Waals surface area (Å²) in [6, 6.07) is 6.87. The first-order valence-corrected chi connectivity index (χ1v) is 6.61. The van der Waals surface area contributed by atoms with E-state index in [-0.39, 0.29) is 5.91 Å². The number of carboxylic acids is 1. The zero-order valence-electron chi connectivity index (χ0n) is 10.3. The minimum atomic E-state index is -1.05. The lowest BCUT2D eigenvalue weighted by molar-refractivity contribution is -0.139. The molecule has 1 heterocycles. The summed E-state index contributed by atoms with van der Waals surface area (Å²) < 4.78 is 5.12. The number of thioether (sulfide) groups is 1. The second-order valence-electron chi connectivity index (χ2n) is 3.71. The Balaban J connectivity index is 2.05. The number of nitrogens with zero attached hydrogens (tertiary/aromatic N) is 2. The van der Waals surface area contributed by atoms with Crippen LogP contribution in [0.4, 0.5) is 0 Å². The maximum atomic E-state index is 10.9. The summed E-state index contributed by atoms with van der Waals surface area (Å²) in [5.74, 6) is -0.412. The quantitative estimate of drug-likeness (QED) is 0.615. The van der Waals surface area contributed by atoms with Crippen LogP contribution in [0, 0.1) is 0 Å². The smallest absolute Gasteiger partial charge is 0.341 e. The van der Waals surface area contributed by atoms with Crippen LogP contribution in [0.15, 0.2) is 34.5 Å². The lowest BCUT2D eigenvalue weighted by Gasteiger charge is -2.05. The molecule has 0 aliphatic carbocycles. The molecule has 20 heavy (non-hydrogen) atoms. The van der Waals surface area contributed by atoms with Crippen LogP contribution in [-0.4, -0.2) is 40.7 Å². The number of rotatable bonds is 5. The highest BCUT2D eigenvalue weighted by Gasteiger charge is 2.15. The van der Waals surface area contributed by atoms with Crippen molar-refractivity contribution in [2.24, 2.45) is 10.2 Å². The second kappa shape index (κ2) is 6.71. The van der Waals surface area contributed by atoms with Crippen molar-refractivity contribution in [1.29, 1.82) is 0 Å². The zero-order chi connectivity index (χ0) is 14.4. The maximum Gasteiger partial charge on any atom is 0.341 e. The third kappa shape index (κ3) is 4.09. The van der Waals surface area contributed by atoms with Gasteiger partial charge in [-0.1, -0.05) is 23.9 Å². The number of ether oxygens (including phenoxy) is 1. The van der Waals surface area contributed by atoms with Gasteiger partial charge in [0.1, 0.15) is 5.75 Å². The van der Waals surface area contributed by atoms with Crippen LogP contribution in [-0.2, 0) is 9.59 Å². The van der Waals surface area contributed by atoms with Crippen molar-refractivity contribution < 1.29 is 19.4 Å². The second-order valence-corrected chi connectivity index (χ2v) is 4.67. The molecule has 8 heteroatoms. The summed E-state index contributed by atoms with van der Waals surface area (Å²) in [5, 5.41) is 19.3. The number of amides is 1. The number of amidine groups is 1. The molecule has 1 saturated heterocycles. The van der Waals surface area contributed by atoms with E-state index in [1.54, 1.807) is 24.3 Å². The number of hydrogen-bond acceptors (Lipinski definition) is 6. The van der Waals surface area contributed by atoms with Gasteiger partial charge in [0.15, 0.2) is 11.8 Å². The van der Waals surface area contributed by atoms with Crippen molar-refractivity contribution in [2.75, 3.05) is 12.4 Å². The number of aliphatic carboxylic acids is 1. The zero-order valence-corrected chi connectivity index (χ0v) is 11.1. The molecule has 0 unspecified atom stereocenters. The van der Waals surface area contributed by atoms with Gasteiger partial charge >= 0.3 is 5.97 Å². The Morgan fingerprint density at radius 1 is 1.50 bits per heavy atom. The van der Waals surface area contributed by atoms with E-state index in [0.29, 0.717) is 22.2 Å². The van der Waals surface area contributed by atoms with Crippen LogP contribution in [0.5, 0.6) is 5.75 Å². The first-order valence-electron chi connectivity index (χ1n) is 5.62. The number of nitrogens with one attached hydrogen (secondary N) is 1. The molecule has 0 bridgehead atoms. The van der Waals surface area contributed by atoms with Gasteiger partial charge in [0, 0.05) is 5.56 Å². The van der Waals surface area contributed by atoms with Crippen molar-refractivity contribution in [3.63, 3.8) is 0 Å². The molecule has 1 aliphatic heterocycles. The average molecular weight is 293 g/mol. The summed E-state index contributed by atoms with van der Waals surface area (Å²) in [5.41, 5.74) is 0.604. The first kappa shape index (κ1) is 14.1. The molecule has 104 valence electrons. The number of carbonyl (C=O) groups is 2. The van der Waals surface area contributed by atoms with Crippen LogP contribution >= 0.6 is 11.8 Å². The molecule has 1 aromatic rings.